The number of methoxy groups -OCH3 is 1. The fourth-order valence-electron chi connectivity index (χ4n) is 2.20. The van der Waals surface area contributed by atoms with E-state index in [1.54, 1.807) is 13.2 Å². The Labute approximate surface area is 164 Å². The van der Waals surface area contributed by atoms with Crippen molar-refractivity contribution in [2.45, 2.75) is 0 Å². The highest BCUT2D eigenvalue weighted by atomic mass is 79.9. The molecule has 0 radical (unpaired) electrons. The molecule has 0 N–H and O–H groups in total. The zero-order valence-corrected chi connectivity index (χ0v) is 17.1. The van der Waals surface area contributed by atoms with Gasteiger partial charge in [0.05, 0.1) is 11.6 Å². The summed E-state index contributed by atoms with van der Waals surface area (Å²) in [6.45, 7) is 0. The maximum absolute atomic E-state index is 12.1. The molecule has 0 atom stereocenters. The average molecular weight is 516 g/mol. The smallest absolute Gasteiger partial charge is 0.363 e. The molecule has 0 saturated heterocycles. The first kappa shape index (κ1) is 17.4. The first-order valence-corrected chi connectivity index (χ1v) is 9.17. The van der Waals surface area contributed by atoms with E-state index in [2.05, 4.69) is 52.8 Å². The summed E-state index contributed by atoms with van der Waals surface area (Å²) in [6.07, 6.45) is 1.64. The zero-order valence-electron chi connectivity index (χ0n) is 12.3. The molecule has 0 fully saturated rings. The third-order valence-electron chi connectivity index (χ3n) is 3.23. The van der Waals surface area contributed by atoms with E-state index in [1.807, 2.05) is 36.4 Å². The molecule has 1 aliphatic rings. The second-order valence-corrected chi connectivity index (χ2v) is 7.54. The molecule has 24 heavy (non-hydrogen) atoms. The molecule has 1 heterocycles. The molecule has 1 aliphatic heterocycles. The van der Waals surface area contributed by atoms with Crippen molar-refractivity contribution in [3.05, 3.63) is 66.6 Å². The van der Waals surface area contributed by atoms with Crippen molar-refractivity contribution in [1.82, 2.24) is 0 Å². The molecule has 2 aromatic rings. The van der Waals surface area contributed by atoms with Gasteiger partial charge in [0, 0.05) is 20.1 Å². The largest absolute Gasteiger partial charge is 0.495 e. The maximum Gasteiger partial charge on any atom is 0.363 e. The van der Waals surface area contributed by atoms with E-state index >= 15 is 0 Å². The second kappa shape index (κ2) is 7.21. The fourth-order valence-corrected chi connectivity index (χ4v) is 4.02. The topological polar surface area (TPSA) is 47.9 Å². The van der Waals surface area contributed by atoms with Gasteiger partial charge in [-0.3, -0.25) is 0 Å². The summed E-state index contributed by atoms with van der Waals surface area (Å²) in [4.78, 5) is 16.4. The van der Waals surface area contributed by atoms with Gasteiger partial charge < -0.3 is 9.47 Å². The van der Waals surface area contributed by atoms with Gasteiger partial charge in [0.2, 0.25) is 5.90 Å². The second-order valence-electron chi connectivity index (χ2n) is 4.86. The molecule has 0 bridgehead atoms. The van der Waals surface area contributed by atoms with Crippen molar-refractivity contribution >= 4 is 65.7 Å². The summed E-state index contributed by atoms with van der Waals surface area (Å²) < 4.78 is 13.2. The van der Waals surface area contributed by atoms with Crippen LogP contribution in [0.5, 0.6) is 5.75 Å². The van der Waals surface area contributed by atoms with Crippen molar-refractivity contribution in [3.8, 4) is 5.75 Å². The van der Waals surface area contributed by atoms with Crippen LogP contribution in [0.3, 0.4) is 0 Å². The maximum atomic E-state index is 12.1. The molecule has 4 nitrogen and oxygen atoms in total. The van der Waals surface area contributed by atoms with Crippen LogP contribution in [0.15, 0.2) is 60.5 Å². The molecule has 122 valence electrons. The van der Waals surface area contributed by atoms with Crippen molar-refractivity contribution in [3.63, 3.8) is 0 Å². The Hall–Kier alpha value is -1.44. The van der Waals surface area contributed by atoms with Gasteiger partial charge in [-0.2, -0.15) is 0 Å². The number of carbonyl (C=O) groups excluding carboxylic acids is 1. The number of halogens is 3. The molecular formula is C17H10Br3NO3. The van der Waals surface area contributed by atoms with Crippen LogP contribution >= 0.6 is 47.8 Å². The van der Waals surface area contributed by atoms with Crippen LogP contribution in [0.4, 0.5) is 0 Å². The summed E-state index contributed by atoms with van der Waals surface area (Å²) >= 11 is 10.3. The monoisotopic (exact) mass is 513 g/mol. The lowest BCUT2D eigenvalue weighted by molar-refractivity contribution is -0.129. The minimum absolute atomic E-state index is 0.216. The van der Waals surface area contributed by atoms with Crippen molar-refractivity contribution in [1.29, 1.82) is 0 Å². The molecule has 0 unspecified atom stereocenters. The summed E-state index contributed by atoms with van der Waals surface area (Å²) in [5, 5.41) is 0. The van der Waals surface area contributed by atoms with Gasteiger partial charge >= 0.3 is 5.97 Å². The SMILES string of the molecule is COc1c(Br)cc(Br)cc1C=C1N=C(c2cccc(Br)c2)OC1=O. The lowest BCUT2D eigenvalue weighted by Gasteiger charge is -2.08. The number of hydrogen-bond donors (Lipinski definition) is 0. The van der Waals surface area contributed by atoms with Crippen LogP contribution < -0.4 is 4.74 Å². The van der Waals surface area contributed by atoms with Gasteiger partial charge in [0.1, 0.15) is 5.75 Å². The van der Waals surface area contributed by atoms with Crippen LogP contribution in [0.2, 0.25) is 0 Å². The molecule has 0 saturated carbocycles. The molecule has 3 rings (SSSR count). The van der Waals surface area contributed by atoms with Gasteiger partial charge in [-0.05, 0) is 52.3 Å². The predicted octanol–water partition coefficient (Wildman–Crippen LogP) is 5.33. The minimum atomic E-state index is -0.497. The first-order valence-electron chi connectivity index (χ1n) is 6.79. The van der Waals surface area contributed by atoms with E-state index < -0.39 is 5.97 Å². The minimum Gasteiger partial charge on any atom is -0.495 e. The Kier molecular flexibility index (Phi) is 5.22. The molecule has 0 spiro atoms. The Bertz CT molecular complexity index is 891. The third kappa shape index (κ3) is 3.63. The number of benzene rings is 2. The van der Waals surface area contributed by atoms with Gasteiger partial charge in [-0.25, -0.2) is 9.79 Å². The Morgan fingerprint density at radius 3 is 2.62 bits per heavy atom. The molecule has 7 heteroatoms. The number of rotatable bonds is 3. The number of ether oxygens (including phenoxy) is 2. The summed E-state index contributed by atoms with van der Waals surface area (Å²) in [5.41, 5.74) is 1.65. The number of nitrogens with zero attached hydrogens (tertiary/aromatic N) is 1. The highest BCUT2D eigenvalue weighted by Crippen LogP contribution is 2.34. The van der Waals surface area contributed by atoms with E-state index in [-0.39, 0.29) is 11.6 Å². The van der Waals surface area contributed by atoms with E-state index in [4.69, 9.17) is 9.47 Å². The normalized spacial score (nSPS) is 15.4. The van der Waals surface area contributed by atoms with Crippen molar-refractivity contribution < 1.29 is 14.3 Å². The highest BCUT2D eigenvalue weighted by Gasteiger charge is 2.25. The standard InChI is InChI=1S/C17H10Br3NO3/c1-23-15-10(6-12(19)8-13(15)20)7-14-17(22)24-16(21-14)9-3-2-4-11(18)5-9/h2-8H,1H3. The molecule has 0 aliphatic carbocycles. The summed E-state index contributed by atoms with van der Waals surface area (Å²) in [6, 6.07) is 11.1. The van der Waals surface area contributed by atoms with Crippen LogP contribution in [-0.4, -0.2) is 19.0 Å². The first-order chi connectivity index (χ1) is 11.5. The Morgan fingerprint density at radius 1 is 1.12 bits per heavy atom. The van der Waals surface area contributed by atoms with E-state index in [0.717, 1.165) is 19.0 Å². The Morgan fingerprint density at radius 2 is 1.92 bits per heavy atom. The number of hydrogen-bond acceptors (Lipinski definition) is 4. The highest BCUT2D eigenvalue weighted by molar-refractivity contribution is 9.11. The number of carbonyl (C=O) groups is 1. The van der Waals surface area contributed by atoms with E-state index in [9.17, 15) is 4.79 Å². The number of cyclic esters (lactones) is 1. The van der Waals surface area contributed by atoms with Crippen molar-refractivity contribution in [2.75, 3.05) is 7.11 Å². The Balaban J connectivity index is 2.04. The van der Waals surface area contributed by atoms with Gasteiger partial charge in [-0.1, -0.05) is 37.9 Å². The summed E-state index contributed by atoms with van der Waals surface area (Å²) in [5.74, 6) is 0.397. The predicted molar refractivity (Wildman–Crippen MR) is 103 cm³/mol. The quantitative estimate of drug-likeness (QED) is 0.410. The van der Waals surface area contributed by atoms with Gasteiger partial charge in [0.15, 0.2) is 5.70 Å². The molecular weight excluding hydrogens is 506 g/mol. The third-order valence-corrected chi connectivity index (χ3v) is 4.77. The number of esters is 1. The van der Waals surface area contributed by atoms with Crippen LogP contribution in [0.1, 0.15) is 11.1 Å². The van der Waals surface area contributed by atoms with Gasteiger partial charge in [-0.15, -0.1) is 0 Å². The van der Waals surface area contributed by atoms with Gasteiger partial charge in [0.25, 0.3) is 0 Å². The summed E-state index contributed by atoms with van der Waals surface area (Å²) in [7, 11) is 1.57. The molecule has 2 aromatic carbocycles. The zero-order chi connectivity index (χ0) is 17.3. The molecule has 0 aromatic heterocycles. The van der Waals surface area contributed by atoms with Crippen LogP contribution in [0.25, 0.3) is 6.08 Å². The fraction of sp³-hybridized carbons (Fsp3) is 0.0588. The number of aliphatic imine (C=N–C) groups is 1. The lowest BCUT2D eigenvalue weighted by atomic mass is 10.1. The van der Waals surface area contributed by atoms with Crippen LogP contribution in [-0.2, 0) is 9.53 Å². The lowest BCUT2D eigenvalue weighted by Crippen LogP contribution is -2.05. The van der Waals surface area contributed by atoms with E-state index in [0.29, 0.717) is 11.3 Å². The average Bonchev–Trinajstić information content (AvgIpc) is 2.88. The molecule has 0 amide bonds. The van der Waals surface area contributed by atoms with E-state index in [1.165, 1.54) is 0 Å². The van der Waals surface area contributed by atoms with Crippen LogP contribution in [0, 0.1) is 0 Å². The van der Waals surface area contributed by atoms with Crippen molar-refractivity contribution in [2.24, 2.45) is 4.99 Å².